The number of hydrogen-bond donors (Lipinski definition) is 3. The molecule has 0 aliphatic carbocycles. The number of benzene rings is 1. The maximum absolute atomic E-state index is 11.5. The van der Waals surface area contributed by atoms with Crippen LogP contribution in [0.25, 0.3) is 0 Å². The van der Waals surface area contributed by atoms with Crippen molar-refractivity contribution in [2.24, 2.45) is 0 Å². The van der Waals surface area contributed by atoms with E-state index in [0.29, 0.717) is 11.3 Å². The van der Waals surface area contributed by atoms with E-state index in [4.69, 9.17) is 5.73 Å². The number of carbonyl (C=O) groups excluding carboxylic acids is 1. The zero-order valence-electron chi connectivity index (χ0n) is 10.8. The van der Waals surface area contributed by atoms with E-state index in [1.54, 1.807) is 30.5 Å². The molecule has 0 atom stereocenters. The summed E-state index contributed by atoms with van der Waals surface area (Å²) in [5.41, 5.74) is 9.28. The molecule has 0 bridgehead atoms. The number of rotatable bonds is 5. The summed E-state index contributed by atoms with van der Waals surface area (Å²) in [5.74, 6) is -0.128. The quantitative estimate of drug-likeness (QED) is 0.734. The van der Waals surface area contributed by atoms with Gasteiger partial charge in [0.2, 0.25) is 0 Å². The third kappa shape index (κ3) is 3.48. The second-order valence-corrected chi connectivity index (χ2v) is 4.97. The lowest BCUT2D eigenvalue weighted by Crippen LogP contribution is -2.18. The Morgan fingerprint density at radius 1 is 1.37 bits per heavy atom. The van der Waals surface area contributed by atoms with Crippen molar-refractivity contribution in [3.8, 4) is 0 Å². The second-order valence-electron chi connectivity index (χ2n) is 4.19. The summed E-state index contributed by atoms with van der Waals surface area (Å²) in [6, 6.07) is 7.41. The second kappa shape index (κ2) is 6.24. The molecule has 4 nitrogen and oxygen atoms in total. The predicted octanol–water partition coefficient (Wildman–Crippen LogP) is 2.34. The van der Waals surface area contributed by atoms with E-state index in [1.165, 1.54) is 5.56 Å². The molecule has 0 aliphatic rings. The van der Waals surface area contributed by atoms with Crippen molar-refractivity contribution < 1.29 is 4.79 Å². The first-order chi connectivity index (χ1) is 9.20. The highest BCUT2D eigenvalue weighted by molar-refractivity contribution is 7.07. The van der Waals surface area contributed by atoms with E-state index < -0.39 is 0 Å². The minimum absolute atomic E-state index is 0.128. The van der Waals surface area contributed by atoms with E-state index >= 15 is 0 Å². The zero-order chi connectivity index (χ0) is 13.7. The summed E-state index contributed by atoms with van der Waals surface area (Å²) in [4.78, 5) is 11.5. The van der Waals surface area contributed by atoms with Gasteiger partial charge in [-0.1, -0.05) is 0 Å². The van der Waals surface area contributed by atoms with Crippen LogP contribution in [0.2, 0.25) is 0 Å². The molecule has 0 saturated carbocycles. The summed E-state index contributed by atoms with van der Waals surface area (Å²) >= 11 is 1.70. The Balaban J connectivity index is 1.95. The van der Waals surface area contributed by atoms with E-state index in [0.717, 1.165) is 18.7 Å². The van der Waals surface area contributed by atoms with E-state index in [9.17, 15) is 4.79 Å². The minimum atomic E-state index is -0.128. The van der Waals surface area contributed by atoms with Crippen LogP contribution in [0.1, 0.15) is 15.9 Å². The third-order valence-corrected chi connectivity index (χ3v) is 3.58. The van der Waals surface area contributed by atoms with Gasteiger partial charge in [-0.2, -0.15) is 11.3 Å². The van der Waals surface area contributed by atoms with Gasteiger partial charge in [-0.3, -0.25) is 4.79 Å². The first kappa shape index (κ1) is 13.4. The van der Waals surface area contributed by atoms with Crippen molar-refractivity contribution in [3.63, 3.8) is 0 Å². The van der Waals surface area contributed by atoms with Gasteiger partial charge in [0.05, 0.1) is 11.4 Å². The number of carbonyl (C=O) groups is 1. The van der Waals surface area contributed by atoms with Crippen molar-refractivity contribution >= 4 is 28.6 Å². The van der Waals surface area contributed by atoms with Gasteiger partial charge in [-0.05, 0) is 47.0 Å². The number of nitrogens with two attached hydrogens (primary N) is 1. The Labute approximate surface area is 116 Å². The molecule has 0 spiro atoms. The standard InChI is InChI=1S/C14H17N3OS/c1-16-14(18)11-2-3-13(12(15)8-11)17-6-4-10-5-7-19-9-10/h2-3,5,7-9,17H,4,6,15H2,1H3,(H,16,18). The molecular formula is C14H17N3OS. The fourth-order valence-corrected chi connectivity index (χ4v) is 2.49. The Morgan fingerprint density at radius 2 is 2.21 bits per heavy atom. The normalized spacial score (nSPS) is 10.2. The zero-order valence-corrected chi connectivity index (χ0v) is 11.6. The molecule has 4 N–H and O–H groups in total. The van der Waals surface area contributed by atoms with Crippen LogP contribution in [0, 0.1) is 0 Å². The monoisotopic (exact) mass is 275 g/mol. The molecule has 1 aromatic carbocycles. The van der Waals surface area contributed by atoms with Crippen LogP contribution in [0.15, 0.2) is 35.0 Å². The number of hydrogen-bond acceptors (Lipinski definition) is 4. The maximum Gasteiger partial charge on any atom is 0.251 e. The highest BCUT2D eigenvalue weighted by Crippen LogP contribution is 2.20. The Hall–Kier alpha value is -2.01. The molecule has 0 unspecified atom stereocenters. The molecule has 1 aromatic heterocycles. The number of anilines is 2. The van der Waals surface area contributed by atoms with Crippen LogP contribution in [0.4, 0.5) is 11.4 Å². The van der Waals surface area contributed by atoms with Crippen molar-refractivity contribution in [2.45, 2.75) is 6.42 Å². The minimum Gasteiger partial charge on any atom is -0.397 e. The Morgan fingerprint density at radius 3 is 2.84 bits per heavy atom. The molecule has 1 heterocycles. The van der Waals surface area contributed by atoms with Crippen molar-refractivity contribution in [1.29, 1.82) is 0 Å². The van der Waals surface area contributed by atoms with Crippen LogP contribution in [-0.4, -0.2) is 19.5 Å². The average molecular weight is 275 g/mol. The molecule has 2 aromatic rings. The highest BCUT2D eigenvalue weighted by atomic mass is 32.1. The van der Waals surface area contributed by atoms with Crippen LogP contribution in [-0.2, 0) is 6.42 Å². The predicted molar refractivity (Wildman–Crippen MR) is 80.8 cm³/mol. The summed E-state index contributed by atoms with van der Waals surface area (Å²) in [7, 11) is 1.60. The maximum atomic E-state index is 11.5. The number of nitrogen functional groups attached to an aromatic ring is 1. The Bertz CT molecular complexity index is 552. The molecular weight excluding hydrogens is 258 g/mol. The Kier molecular flexibility index (Phi) is 4.41. The van der Waals surface area contributed by atoms with Gasteiger partial charge in [-0.15, -0.1) is 0 Å². The SMILES string of the molecule is CNC(=O)c1ccc(NCCc2ccsc2)c(N)c1. The largest absolute Gasteiger partial charge is 0.397 e. The summed E-state index contributed by atoms with van der Waals surface area (Å²) < 4.78 is 0. The number of thiophene rings is 1. The van der Waals surface area contributed by atoms with Crippen LogP contribution < -0.4 is 16.4 Å². The molecule has 0 fully saturated rings. The van der Waals surface area contributed by atoms with Gasteiger partial charge in [-0.25, -0.2) is 0 Å². The molecule has 1 amide bonds. The lowest BCUT2D eigenvalue weighted by molar-refractivity contribution is 0.0963. The molecule has 100 valence electrons. The van der Waals surface area contributed by atoms with Gasteiger partial charge in [0.1, 0.15) is 0 Å². The fraction of sp³-hybridized carbons (Fsp3) is 0.214. The molecule has 0 saturated heterocycles. The van der Waals surface area contributed by atoms with Gasteiger partial charge in [0, 0.05) is 19.2 Å². The fourth-order valence-electron chi connectivity index (χ4n) is 1.79. The molecule has 0 aliphatic heterocycles. The first-order valence-electron chi connectivity index (χ1n) is 6.07. The summed E-state index contributed by atoms with van der Waals surface area (Å²) in [5, 5.41) is 10.1. The smallest absolute Gasteiger partial charge is 0.251 e. The van der Waals surface area contributed by atoms with Gasteiger partial charge in [0.15, 0.2) is 0 Å². The van der Waals surface area contributed by atoms with Crippen LogP contribution >= 0.6 is 11.3 Å². The molecule has 0 radical (unpaired) electrons. The van der Waals surface area contributed by atoms with E-state index in [2.05, 4.69) is 27.5 Å². The van der Waals surface area contributed by atoms with Gasteiger partial charge >= 0.3 is 0 Å². The van der Waals surface area contributed by atoms with Gasteiger partial charge in [0.25, 0.3) is 5.91 Å². The van der Waals surface area contributed by atoms with Crippen LogP contribution in [0.5, 0.6) is 0 Å². The number of nitrogens with one attached hydrogen (secondary N) is 2. The molecule has 19 heavy (non-hydrogen) atoms. The molecule has 5 heteroatoms. The third-order valence-electron chi connectivity index (χ3n) is 2.85. The van der Waals surface area contributed by atoms with E-state index in [-0.39, 0.29) is 5.91 Å². The number of amides is 1. The topological polar surface area (TPSA) is 67.2 Å². The van der Waals surface area contributed by atoms with E-state index in [1.807, 2.05) is 6.07 Å². The molecule has 2 rings (SSSR count). The van der Waals surface area contributed by atoms with Crippen LogP contribution in [0.3, 0.4) is 0 Å². The van der Waals surface area contributed by atoms with Gasteiger partial charge < -0.3 is 16.4 Å². The van der Waals surface area contributed by atoms with Crippen molar-refractivity contribution in [1.82, 2.24) is 5.32 Å². The summed E-state index contributed by atoms with van der Waals surface area (Å²) in [6.07, 6.45) is 0.958. The average Bonchev–Trinajstić information content (AvgIpc) is 2.93. The highest BCUT2D eigenvalue weighted by Gasteiger charge is 2.06. The van der Waals surface area contributed by atoms with Crippen molar-refractivity contribution in [2.75, 3.05) is 24.6 Å². The first-order valence-corrected chi connectivity index (χ1v) is 7.01. The van der Waals surface area contributed by atoms with Crippen molar-refractivity contribution in [3.05, 3.63) is 46.2 Å². The summed E-state index contributed by atoms with van der Waals surface area (Å²) in [6.45, 7) is 0.820. The lowest BCUT2D eigenvalue weighted by atomic mass is 10.1. The lowest BCUT2D eigenvalue weighted by Gasteiger charge is -2.10.